The molecule has 0 radical (unpaired) electrons. The molecule has 0 aromatic carbocycles. The van der Waals surface area contributed by atoms with E-state index in [1.54, 1.807) is 0 Å². The fourth-order valence-electron chi connectivity index (χ4n) is 2.47. The van der Waals surface area contributed by atoms with Gasteiger partial charge in [0.05, 0.1) is 6.10 Å². The van der Waals surface area contributed by atoms with Crippen LogP contribution in [0.5, 0.6) is 0 Å². The van der Waals surface area contributed by atoms with E-state index in [0.717, 1.165) is 38.8 Å². The number of hydrogen-bond donors (Lipinski definition) is 3. The lowest BCUT2D eigenvalue weighted by Gasteiger charge is -2.25. The van der Waals surface area contributed by atoms with Crippen LogP contribution in [0.2, 0.25) is 0 Å². The molecule has 1 rings (SSSR count). The maximum atomic E-state index is 9.53. The van der Waals surface area contributed by atoms with E-state index in [-0.39, 0.29) is 6.10 Å². The molecule has 0 aromatic rings. The van der Waals surface area contributed by atoms with Crippen molar-refractivity contribution in [1.82, 2.24) is 5.32 Å². The van der Waals surface area contributed by atoms with E-state index in [1.807, 2.05) is 0 Å². The Labute approximate surface area is 99.3 Å². The molecular formula is C13H27NO2. The molecule has 1 aliphatic rings. The first-order valence-corrected chi connectivity index (χ1v) is 6.82. The zero-order valence-corrected chi connectivity index (χ0v) is 10.3. The Hall–Kier alpha value is -0.120. The Balaban J connectivity index is 1.86. The van der Waals surface area contributed by atoms with Crippen LogP contribution in [0.15, 0.2) is 0 Å². The van der Waals surface area contributed by atoms with Crippen LogP contribution in [-0.2, 0) is 0 Å². The average molecular weight is 229 g/mol. The molecule has 2 unspecified atom stereocenters. The molecule has 0 heterocycles. The van der Waals surface area contributed by atoms with E-state index in [1.165, 1.54) is 25.7 Å². The third-order valence-corrected chi connectivity index (χ3v) is 3.45. The topological polar surface area (TPSA) is 52.5 Å². The third kappa shape index (κ3) is 6.46. The van der Waals surface area contributed by atoms with Gasteiger partial charge in [-0.05, 0) is 51.1 Å². The van der Waals surface area contributed by atoms with Crippen molar-refractivity contribution < 1.29 is 10.2 Å². The minimum Gasteiger partial charge on any atom is -0.396 e. The van der Waals surface area contributed by atoms with Crippen LogP contribution in [0, 0.1) is 5.92 Å². The highest BCUT2D eigenvalue weighted by Gasteiger charge is 2.19. The van der Waals surface area contributed by atoms with Gasteiger partial charge in [-0.15, -0.1) is 0 Å². The van der Waals surface area contributed by atoms with Crippen molar-refractivity contribution in [3.8, 4) is 0 Å². The highest BCUT2D eigenvalue weighted by Crippen LogP contribution is 2.23. The molecule has 16 heavy (non-hydrogen) atoms. The van der Waals surface area contributed by atoms with Gasteiger partial charge in [0, 0.05) is 6.61 Å². The summed E-state index contributed by atoms with van der Waals surface area (Å²) in [6.45, 7) is 2.47. The van der Waals surface area contributed by atoms with Crippen molar-refractivity contribution in [3.63, 3.8) is 0 Å². The number of aliphatic hydroxyl groups is 2. The minimum atomic E-state index is -0.0508. The summed E-state index contributed by atoms with van der Waals surface area (Å²) in [6, 6.07) is 0. The molecule has 1 saturated carbocycles. The van der Waals surface area contributed by atoms with E-state index in [9.17, 15) is 5.11 Å². The van der Waals surface area contributed by atoms with E-state index >= 15 is 0 Å². The first-order valence-electron chi connectivity index (χ1n) is 6.82. The first-order chi connectivity index (χ1) is 7.83. The molecule has 1 aliphatic carbocycles. The van der Waals surface area contributed by atoms with Crippen molar-refractivity contribution in [2.24, 2.45) is 5.92 Å². The van der Waals surface area contributed by atoms with E-state index in [4.69, 9.17) is 5.11 Å². The van der Waals surface area contributed by atoms with Crippen molar-refractivity contribution in [1.29, 1.82) is 0 Å². The lowest BCUT2D eigenvalue weighted by atomic mass is 9.87. The van der Waals surface area contributed by atoms with E-state index < -0.39 is 0 Å². The molecule has 2 atom stereocenters. The van der Waals surface area contributed by atoms with Gasteiger partial charge in [0.2, 0.25) is 0 Å². The lowest BCUT2D eigenvalue weighted by Crippen LogP contribution is -2.29. The van der Waals surface area contributed by atoms with Crippen LogP contribution < -0.4 is 5.32 Å². The maximum absolute atomic E-state index is 9.53. The summed E-state index contributed by atoms with van der Waals surface area (Å²) < 4.78 is 0. The summed E-state index contributed by atoms with van der Waals surface area (Å²) in [5.41, 5.74) is 0. The summed E-state index contributed by atoms with van der Waals surface area (Å²) in [5.74, 6) is 0.682. The fraction of sp³-hybridized carbons (Fsp3) is 1.00. The zero-order valence-electron chi connectivity index (χ0n) is 10.3. The molecule has 0 aliphatic heterocycles. The van der Waals surface area contributed by atoms with Crippen LogP contribution in [0.25, 0.3) is 0 Å². The first kappa shape index (κ1) is 13.9. The molecule has 0 amide bonds. The molecule has 0 spiro atoms. The second-order valence-corrected chi connectivity index (χ2v) is 5.03. The van der Waals surface area contributed by atoms with E-state index in [2.05, 4.69) is 5.32 Å². The molecule has 3 N–H and O–H groups in total. The van der Waals surface area contributed by atoms with Gasteiger partial charge in [0.1, 0.15) is 0 Å². The largest absolute Gasteiger partial charge is 0.396 e. The van der Waals surface area contributed by atoms with Gasteiger partial charge in [0.15, 0.2) is 0 Å². The lowest BCUT2D eigenvalue weighted by molar-refractivity contribution is 0.101. The van der Waals surface area contributed by atoms with Crippen LogP contribution in [0.3, 0.4) is 0 Å². The van der Waals surface area contributed by atoms with Crippen molar-refractivity contribution >= 4 is 0 Å². The van der Waals surface area contributed by atoms with Crippen molar-refractivity contribution in [2.45, 2.75) is 57.5 Å². The smallest absolute Gasteiger partial charge is 0.0543 e. The van der Waals surface area contributed by atoms with Gasteiger partial charge < -0.3 is 15.5 Å². The molecule has 0 saturated heterocycles. The molecule has 0 aromatic heterocycles. The number of nitrogens with one attached hydrogen (secondary N) is 1. The Kier molecular flexibility index (Phi) is 7.81. The van der Waals surface area contributed by atoms with Gasteiger partial charge in [-0.3, -0.25) is 0 Å². The zero-order chi connectivity index (χ0) is 11.6. The quantitative estimate of drug-likeness (QED) is 0.555. The van der Waals surface area contributed by atoms with Gasteiger partial charge in [0.25, 0.3) is 0 Å². The number of aliphatic hydroxyl groups excluding tert-OH is 2. The van der Waals surface area contributed by atoms with Gasteiger partial charge >= 0.3 is 0 Å². The fourth-order valence-corrected chi connectivity index (χ4v) is 2.47. The Morgan fingerprint density at radius 3 is 2.62 bits per heavy atom. The highest BCUT2D eigenvalue weighted by atomic mass is 16.3. The Morgan fingerprint density at radius 1 is 1.06 bits per heavy atom. The predicted octanol–water partition coefficient (Wildman–Crippen LogP) is 1.68. The van der Waals surface area contributed by atoms with Crippen molar-refractivity contribution in [3.05, 3.63) is 0 Å². The molecule has 96 valence electrons. The summed E-state index contributed by atoms with van der Waals surface area (Å²) in [5, 5.41) is 21.6. The number of unbranched alkanes of at least 4 members (excludes halogenated alkanes) is 3. The Bertz CT molecular complexity index is 164. The summed E-state index contributed by atoms with van der Waals surface area (Å²) in [4.78, 5) is 0. The van der Waals surface area contributed by atoms with Gasteiger partial charge in [-0.2, -0.15) is 0 Å². The second-order valence-electron chi connectivity index (χ2n) is 5.03. The monoisotopic (exact) mass is 229 g/mol. The standard InChI is InChI=1S/C13H27NO2/c15-9-4-2-1-3-8-14-11-12-6-5-7-13(16)10-12/h12-16H,1-11H2. The molecule has 1 fully saturated rings. The predicted molar refractivity (Wildman–Crippen MR) is 66.4 cm³/mol. The molecule has 3 heteroatoms. The number of rotatable bonds is 8. The maximum Gasteiger partial charge on any atom is 0.0543 e. The van der Waals surface area contributed by atoms with Crippen LogP contribution in [0.4, 0.5) is 0 Å². The Morgan fingerprint density at radius 2 is 1.88 bits per heavy atom. The van der Waals surface area contributed by atoms with Crippen LogP contribution in [0.1, 0.15) is 51.4 Å². The minimum absolute atomic E-state index is 0.0508. The molecular weight excluding hydrogens is 202 g/mol. The van der Waals surface area contributed by atoms with Crippen LogP contribution >= 0.6 is 0 Å². The molecule has 0 bridgehead atoms. The summed E-state index contributed by atoms with van der Waals surface area (Å²) in [6.07, 6.45) is 8.88. The van der Waals surface area contributed by atoms with Gasteiger partial charge in [-0.25, -0.2) is 0 Å². The second kappa shape index (κ2) is 8.97. The van der Waals surface area contributed by atoms with Crippen molar-refractivity contribution in [2.75, 3.05) is 19.7 Å². The highest BCUT2D eigenvalue weighted by molar-refractivity contribution is 4.73. The number of hydrogen-bond acceptors (Lipinski definition) is 3. The molecule has 3 nitrogen and oxygen atoms in total. The average Bonchev–Trinajstić information content (AvgIpc) is 2.28. The summed E-state index contributed by atoms with van der Waals surface area (Å²) in [7, 11) is 0. The van der Waals surface area contributed by atoms with E-state index in [0.29, 0.717) is 12.5 Å². The van der Waals surface area contributed by atoms with Gasteiger partial charge in [-0.1, -0.05) is 19.3 Å². The SMILES string of the molecule is OCCCCCCNCC1CCCC(O)C1. The normalized spacial score (nSPS) is 25.9. The van der Waals surface area contributed by atoms with Crippen LogP contribution in [-0.4, -0.2) is 36.0 Å². The third-order valence-electron chi connectivity index (χ3n) is 3.45. The summed E-state index contributed by atoms with van der Waals surface area (Å²) >= 11 is 0.